The fourth-order valence-corrected chi connectivity index (χ4v) is 3.85. The molecule has 1 heterocycles. The molecule has 0 N–H and O–H groups in total. The lowest BCUT2D eigenvalue weighted by Crippen LogP contribution is -2.42. The second-order valence-corrected chi connectivity index (χ2v) is 7.16. The molecule has 0 aromatic heterocycles. The molecule has 0 radical (unpaired) electrons. The molecular weight excluding hydrogens is 321 g/mol. The van der Waals surface area contributed by atoms with Crippen LogP contribution in [0.15, 0.2) is 53.4 Å². The highest BCUT2D eigenvalue weighted by molar-refractivity contribution is 7.91. The molecule has 2 aromatic carbocycles. The molecule has 0 aliphatic carbocycles. The van der Waals surface area contributed by atoms with Crippen LogP contribution in [-0.2, 0) is 14.6 Å². The normalized spacial score (nSPS) is 15.8. The number of para-hydroxylation sites is 1. The number of nitrogens with zero attached hydrogens (tertiary/aromatic N) is 1. The van der Waals surface area contributed by atoms with Crippen LogP contribution in [-0.4, -0.2) is 33.2 Å². The molecule has 1 aliphatic heterocycles. The number of ether oxygens (including phenoxy) is 1. The van der Waals surface area contributed by atoms with Gasteiger partial charge in [0.15, 0.2) is 16.4 Å². The molecule has 7 heteroatoms. The maximum absolute atomic E-state index is 13.1. The number of hydrogen-bond acceptors (Lipinski definition) is 4. The van der Waals surface area contributed by atoms with E-state index in [-0.39, 0.29) is 35.5 Å². The minimum absolute atomic E-state index is 0.0741. The molecule has 0 bridgehead atoms. The standard InChI is InChI=1S/C16H14FNO4S/c17-12-4-3-5-13(10-12)22-11-16(19)18-8-9-23(20,21)15-7-2-1-6-14(15)18/h1-7,10H,8-9,11H2. The summed E-state index contributed by atoms with van der Waals surface area (Å²) in [6, 6.07) is 11.9. The van der Waals surface area contributed by atoms with Crippen LogP contribution in [0, 0.1) is 5.82 Å². The highest BCUT2D eigenvalue weighted by Crippen LogP contribution is 2.30. The van der Waals surface area contributed by atoms with E-state index >= 15 is 0 Å². The monoisotopic (exact) mass is 335 g/mol. The van der Waals surface area contributed by atoms with Gasteiger partial charge in [-0.15, -0.1) is 0 Å². The third-order valence-electron chi connectivity index (χ3n) is 3.53. The summed E-state index contributed by atoms with van der Waals surface area (Å²) in [4.78, 5) is 13.9. The van der Waals surface area contributed by atoms with Crippen molar-refractivity contribution < 1.29 is 22.3 Å². The quantitative estimate of drug-likeness (QED) is 0.861. The Bertz CT molecular complexity index is 851. The maximum Gasteiger partial charge on any atom is 0.264 e. The van der Waals surface area contributed by atoms with Crippen molar-refractivity contribution in [3.63, 3.8) is 0 Å². The number of halogens is 1. The molecule has 0 spiro atoms. The number of hydrogen-bond donors (Lipinski definition) is 0. The SMILES string of the molecule is O=C(COc1cccc(F)c1)N1CCS(=O)(=O)c2ccccc21. The summed E-state index contributed by atoms with van der Waals surface area (Å²) in [5.74, 6) is -0.715. The van der Waals surface area contributed by atoms with E-state index in [1.165, 1.54) is 29.2 Å². The molecule has 0 atom stereocenters. The summed E-state index contributed by atoms with van der Waals surface area (Å²) in [7, 11) is -3.37. The Labute approximate surface area is 133 Å². The van der Waals surface area contributed by atoms with Crippen LogP contribution in [0.2, 0.25) is 0 Å². The van der Waals surface area contributed by atoms with Gasteiger partial charge in [-0.3, -0.25) is 4.79 Å². The molecule has 1 amide bonds. The largest absolute Gasteiger partial charge is 0.484 e. The summed E-state index contributed by atoms with van der Waals surface area (Å²) >= 11 is 0. The zero-order chi connectivity index (χ0) is 16.4. The Kier molecular flexibility index (Phi) is 4.04. The van der Waals surface area contributed by atoms with Crippen LogP contribution >= 0.6 is 0 Å². The van der Waals surface area contributed by atoms with Crippen molar-refractivity contribution >= 4 is 21.4 Å². The second kappa shape index (κ2) is 6.00. The van der Waals surface area contributed by atoms with E-state index in [1.54, 1.807) is 24.3 Å². The van der Waals surface area contributed by atoms with Crippen molar-refractivity contribution in [1.82, 2.24) is 0 Å². The van der Waals surface area contributed by atoms with Crippen molar-refractivity contribution in [3.05, 3.63) is 54.3 Å². The minimum atomic E-state index is -3.37. The van der Waals surface area contributed by atoms with Crippen LogP contribution in [0.3, 0.4) is 0 Å². The van der Waals surface area contributed by atoms with Gasteiger partial charge in [-0.1, -0.05) is 18.2 Å². The molecule has 0 saturated carbocycles. The predicted octanol–water partition coefficient (Wildman–Crippen LogP) is 2.02. The molecular formula is C16H14FNO4S. The van der Waals surface area contributed by atoms with Gasteiger partial charge in [-0.2, -0.15) is 0 Å². The van der Waals surface area contributed by atoms with Crippen molar-refractivity contribution in [2.45, 2.75) is 4.90 Å². The van der Waals surface area contributed by atoms with Gasteiger partial charge in [-0.25, -0.2) is 12.8 Å². The summed E-state index contributed by atoms with van der Waals surface area (Å²) in [6.45, 7) is -0.220. The number of rotatable bonds is 3. The molecule has 3 rings (SSSR count). The molecule has 23 heavy (non-hydrogen) atoms. The maximum atomic E-state index is 13.1. The van der Waals surface area contributed by atoms with E-state index in [0.29, 0.717) is 5.69 Å². The smallest absolute Gasteiger partial charge is 0.264 e. The van der Waals surface area contributed by atoms with Crippen molar-refractivity contribution in [1.29, 1.82) is 0 Å². The third kappa shape index (κ3) is 3.19. The molecule has 5 nitrogen and oxygen atoms in total. The number of anilines is 1. The number of sulfone groups is 1. The highest BCUT2D eigenvalue weighted by atomic mass is 32.2. The zero-order valence-corrected chi connectivity index (χ0v) is 12.9. The summed E-state index contributed by atoms with van der Waals surface area (Å²) in [6.07, 6.45) is 0. The average molecular weight is 335 g/mol. The Hall–Kier alpha value is -2.41. The predicted molar refractivity (Wildman–Crippen MR) is 82.7 cm³/mol. The number of carbonyl (C=O) groups excluding carboxylic acids is 1. The van der Waals surface area contributed by atoms with Crippen molar-refractivity contribution in [2.24, 2.45) is 0 Å². The Balaban J connectivity index is 1.78. The second-order valence-electron chi connectivity index (χ2n) is 5.08. The first-order valence-electron chi connectivity index (χ1n) is 6.98. The molecule has 0 saturated heterocycles. The lowest BCUT2D eigenvalue weighted by molar-refractivity contribution is -0.120. The fourth-order valence-electron chi connectivity index (χ4n) is 2.42. The topological polar surface area (TPSA) is 63.7 Å². The van der Waals surface area contributed by atoms with E-state index in [0.717, 1.165) is 0 Å². The van der Waals surface area contributed by atoms with Crippen LogP contribution in [0.5, 0.6) is 5.75 Å². The van der Waals surface area contributed by atoms with Crippen LogP contribution in [0.4, 0.5) is 10.1 Å². The summed E-state index contributed by atoms with van der Waals surface area (Å²) in [5.41, 5.74) is 0.353. The summed E-state index contributed by atoms with van der Waals surface area (Å²) < 4.78 is 42.5. The first kappa shape index (κ1) is 15.5. The molecule has 120 valence electrons. The zero-order valence-electron chi connectivity index (χ0n) is 12.1. The van der Waals surface area contributed by atoms with Gasteiger partial charge < -0.3 is 9.64 Å². The number of fused-ring (bicyclic) bond motifs is 1. The summed E-state index contributed by atoms with van der Waals surface area (Å²) in [5, 5.41) is 0. The van der Waals surface area contributed by atoms with E-state index in [9.17, 15) is 17.6 Å². The van der Waals surface area contributed by atoms with Gasteiger partial charge in [-0.05, 0) is 24.3 Å². The lowest BCUT2D eigenvalue weighted by Gasteiger charge is -2.29. The van der Waals surface area contributed by atoms with Gasteiger partial charge in [0.05, 0.1) is 16.3 Å². The van der Waals surface area contributed by atoms with E-state index in [4.69, 9.17) is 4.74 Å². The number of amides is 1. The first-order chi connectivity index (χ1) is 11.0. The first-order valence-corrected chi connectivity index (χ1v) is 8.63. The Morgan fingerprint density at radius 2 is 1.96 bits per heavy atom. The van der Waals surface area contributed by atoms with Crippen molar-refractivity contribution in [2.75, 3.05) is 23.8 Å². The van der Waals surface area contributed by atoms with Crippen LogP contribution in [0.1, 0.15) is 0 Å². The third-order valence-corrected chi connectivity index (χ3v) is 5.27. The average Bonchev–Trinajstić information content (AvgIpc) is 2.53. The van der Waals surface area contributed by atoms with Gasteiger partial charge in [0.2, 0.25) is 0 Å². The minimum Gasteiger partial charge on any atom is -0.484 e. The lowest BCUT2D eigenvalue weighted by atomic mass is 10.2. The van der Waals surface area contributed by atoms with Crippen LogP contribution in [0.25, 0.3) is 0 Å². The van der Waals surface area contributed by atoms with Gasteiger partial charge in [0.1, 0.15) is 11.6 Å². The highest BCUT2D eigenvalue weighted by Gasteiger charge is 2.31. The van der Waals surface area contributed by atoms with E-state index < -0.39 is 15.7 Å². The molecule has 2 aromatic rings. The Morgan fingerprint density at radius 1 is 1.17 bits per heavy atom. The van der Waals surface area contributed by atoms with E-state index in [1.807, 2.05) is 0 Å². The molecule has 0 fully saturated rings. The van der Waals surface area contributed by atoms with Crippen molar-refractivity contribution in [3.8, 4) is 5.75 Å². The van der Waals surface area contributed by atoms with Gasteiger partial charge >= 0.3 is 0 Å². The molecule has 0 unspecified atom stereocenters. The molecule has 1 aliphatic rings. The number of carbonyl (C=O) groups is 1. The fraction of sp³-hybridized carbons (Fsp3) is 0.188. The van der Waals surface area contributed by atoms with E-state index in [2.05, 4.69) is 0 Å². The van der Waals surface area contributed by atoms with Gasteiger partial charge in [0, 0.05) is 12.6 Å². The van der Waals surface area contributed by atoms with Crippen LogP contribution < -0.4 is 9.64 Å². The number of benzene rings is 2. The Morgan fingerprint density at radius 3 is 2.74 bits per heavy atom. The van der Waals surface area contributed by atoms with Gasteiger partial charge in [0.25, 0.3) is 5.91 Å².